The predicted molar refractivity (Wildman–Crippen MR) is 113 cm³/mol. The van der Waals surface area contributed by atoms with E-state index >= 15 is 0 Å². The Morgan fingerprint density at radius 1 is 1.00 bits per heavy atom. The molecule has 3 heterocycles. The van der Waals surface area contributed by atoms with Crippen molar-refractivity contribution in [2.45, 2.75) is 12.8 Å². The van der Waals surface area contributed by atoms with Crippen molar-refractivity contribution >= 4 is 17.4 Å². The van der Waals surface area contributed by atoms with Gasteiger partial charge in [0.05, 0.1) is 5.01 Å². The number of pyridine rings is 1. The summed E-state index contributed by atoms with van der Waals surface area (Å²) in [6, 6.07) is 13.6. The molecule has 0 unspecified atom stereocenters. The van der Waals surface area contributed by atoms with Gasteiger partial charge in [0.1, 0.15) is 5.75 Å². The highest BCUT2D eigenvalue weighted by Crippen LogP contribution is 2.16. The van der Waals surface area contributed by atoms with Crippen LogP contribution in [0, 0.1) is 0 Å². The Morgan fingerprint density at radius 2 is 1.83 bits per heavy atom. The van der Waals surface area contributed by atoms with E-state index in [0.717, 1.165) is 43.7 Å². The first-order chi connectivity index (χ1) is 14.3. The molecular weight excluding hydrogens is 384 g/mol. The summed E-state index contributed by atoms with van der Waals surface area (Å²) in [6.45, 7) is 4.09. The van der Waals surface area contributed by atoms with Crippen LogP contribution in [0.15, 0.2) is 60.2 Å². The van der Waals surface area contributed by atoms with Crippen LogP contribution in [-0.2, 0) is 12.8 Å². The van der Waals surface area contributed by atoms with E-state index in [1.807, 2.05) is 54.0 Å². The summed E-state index contributed by atoms with van der Waals surface area (Å²) in [7, 11) is 0. The standard InChI is InChI=1S/C22H24N4O2S/c27-22(26-14-12-25(13-15-26)11-8-21-24-10-16-29-21)28-20-6-4-18(5-7-20)17-19-3-1-2-9-23-19/h1-7,9-10,16H,8,11-15,17H2. The molecule has 4 rings (SSSR count). The topological polar surface area (TPSA) is 58.6 Å². The molecule has 6 nitrogen and oxygen atoms in total. The molecule has 2 aromatic heterocycles. The second-order valence-corrected chi connectivity index (χ2v) is 7.99. The van der Waals surface area contributed by atoms with Crippen LogP contribution in [0.2, 0.25) is 0 Å². The fraction of sp³-hybridized carbons (Fsp3) is 0.318. The lowest BCUT2D eigenvalue weighted by Gasteiger charge is -2.33. The summed E-state index contributed by atoms with van der Waals surface area (Å²) in [5, 5.41) is 3.17. The van der Waals surface area contributed by atoms with Crippen molar-refractivity contribution in [3.8, 4) is 5.75 Å². The number of hydrogen-bond acceptors (Lipinski definition) is 6. The van der Waals surface area contributed by atoms with E-state index in [4.69, 9.17) is 4.74 Å². The van der Waals surface area contributed by atoms with E-state index in [1.54, 1.807) is 22.4 Å². The molecule has 7 heteroatoms. The van der Waals surface area contributed by atoms with Gasteiger partial charge in [0, 0.05) is 69.0 Å². The maximum absolute atomic E-state index is 12.5. The van der Waals surface area contributed by atoms with Gasteiger partial charge in [-0.25, -0.2) is 9.78 Å². The average molecular weight is 409 g/mol. The molecule has 1 fully saturated rings. The van der Waals surface area contributed by atoms with Gasteiger partial charge in [0.2, 0.25) is 0 Å². The van der Waals surface area contributed by atoms with Crippen LogP contribution in [0.3, 0.4) is 0 Å². The lowest BCUT2D eigenvalue weighted by Crippen LogP contribution is -2.49. The molecule has 0 atom stereocenters. The number of benzene rings is 1. The van der Waals surface area contributed by atoms with Crippen LogP contribution in [0.5, 0.6) is 5.75 Å². The molecular formula is C22H24N4O2S. The second-order valence-electron chi connectivity index (χ2n) is 7.01. The summed E-state index contributed by atoms with van der Waals surface area (Å²) in [4.78, 5) is 25.3. The normalized spacial score (nSPS) is 14.7. The lowest BCUT2D eigenvalue weighted by atomic mass is 10.1. The van der Waals surface area contributed by atoms with Gasteiger partial charge in [0.15, 0.2) is 0 Å². The van der Waals surface area contributed by atoms with Crippen molar-refractivity contribution in [3.63, 3.8) is 0 Å². The van der Waals surface area contributed by atoms with Crippen molar-refractivity contribution < 1.29 is 9.53 Å². The molecule has 0 radical (unpaired) electrons. The van der Waals surface area contributed by atoms with Gasteiger partial charge in [-0.3, -0.25) is 9.88 Å². The number of carbonyl (C=O) groups is 1. The Bertz CT molecular complexity index is 892. The molecule has 1 aromatic carbocycles. The third-order valence-corrected chi connectivity index (χ3v) is 5.84. The third kappa shape index (κ3) is 5.62. The van der Waals surface area contributed by atoms with Crippen LogP contribution in [0.1, 0.15) is 16.3 Å². The minimum atomic E-state index is -0.276. The zero-order valence-electron chi connectivity index (χ0n) is 16.2. The zero-order valence-corrected chi connectivity index (χ0v) is 17.1. The quantitative estimate of drug-likeness (QED) is 0.625. The number of amides is 1. The summed E-state index contributed by atoms with van der Waals surface area (Å²) in [6.07, 6.45) is 5.09. The van der Waals surface area contributed by atoms with Crippen molar-refractivity contribution in [2.24, 2.45) is 0 Å². The van der Waals surface area contributed by atoms with Gasteiger partial charge in [-0.1, -0.05) is 18.2 Å². The number of piperazine rings is 1. The number of carbonyl (C=O) groups excluding carboxylic acids is 1. The molecule has 1 aliphatic rings. The molecule has 0 aliphatic carbocycles. The van der Waals surface area contributed by atoms with Crippen LogP contribution < -0.4 is 4.74 Å². The molecule has 150 valence electrons. The monoisotopic (exact) mass is 408 g/mol. The van der Waals surface area contributed by atoms with Crippen LogP contribution in [0.4, 0.5) is 4.79 Å². The maximum atomic E-state index is 12.5. The number of aromatic nitrogens is 2. The molecule has 1 amide bonds. The van der Waals surface area contributed by atoms with Gasteiger partial charge >= 0.3 is 6.09 Å². The van der Waals surface area contributed by atoms with Crippen molar-refractivity contribution in [2.75, 3.05) is 32.7 Å². The predicted octanol–water partition coefficient (Wildman–Crippen LogP) is 3.49. The van der Waals surface area contributed by atoms with Crippen LogP contribution >= 0.6 is 11.3 Å². The van der Waals surface area contributed by atoms with E-state index in [-0.39, 0.29) is 6.09 Å². The first-order valence-corrected chi connectivity index (χ1v) is 10.7. The summed E-state index contributed by atoms with van der Waals surface area (Å²) >= 11 is 1.69. The van der Waals surface area contributed by atoms with Gasteiger partial charge in [-0.15, -0.1) is 11.3 Å². The molecule has 0 spiro atoms. The van der Waals surface area contributed by atoms with E-state index in [9.17, 15) is 4.79 Å². The fourth-order valence-electron chi connectivity index (χ4n) is 3.34. The van der Waals surface area contributed by atoms with Gasteiger partial charge < -0.3 is 9.64 Å². The number of hydrogen-bond donors (Lipinski definition) is 0. The number of nitrogens with zero attached hydrogens (tertiary/aromatic N) is 4. The van der Waals surface area contributed by atoms with E-state index < -0.39 is 0 Å². The Labute approximate surface area is 174 Å². The lowest BCUT2D eigenvalue weighted by molar-refractivity contribution is 0.111. The molecule has 1 saturated heterocycles. The van der Waals surface area contributed by atoms with E-state index in [0.29, 0.717) is 18.8 Å². The molecule has 3 aromatic rings. The highest BCUT2D eigenvalue weighted by atomic mass is 32.1. The van der Waals surface area contributed by atoms with Crippen molar-refractivity contribution in [1.29, 1.82) is 0 Å². The van der Waals surface area contributed by atoms with Crippen LogP contribution in [0.25, 0.3) is 0 Å². The van der Waals surface area contributed by atoms with Crippen molar-refractivity contribution in [3.05, 3.63) is 76.5 Å². The smallest absolute Gasteiger partial charge is 0.410 e. The Hall–Kier alpha value is -2.77. The first kappa shape index (κ1) is 19.5. The SMILES string of the molecule is O=C(Oc1ccc(Cc2ccccn2)cc1)N1CCN(CCc2nccs2)CC1. The minimum Gasteiger partial charge on any atom is -0.410 e. The number of ether oxygens (including phenoxy) is 1. The molecule has 29 heavy (non-hydrogen) atoms. The first-order valence-electron chi connectivity index (χ1n) is 9.82. The molecule has 0 saturated carbocycles. The summed E-state index contributed by atoms with van der Waals surface area (Å²) in [5.74, 6) is 0.575. The minimum absolute atomic E-state index is 0.276. The van der Waals surface area contributed by atoms with Crippen LogP contribution in [-0.4, -0.2) is 58.6 Å². The maximum Gasteiger partial charge on any atom is 0.415 e. The highest BCUT2D eigenvalue weighted by molar-refractivity contribution is 7.09. The Kier molecular flexibility index (Phi) is 6.49. The molecule has 1 aliphatic heterocycles. The largest absolute Gasteiger partial charge is 0.415 e. The zero-order chi connectivity index (χ0) is 19.9. The Morgan fingerprint density at radius 3 is 2.52 bits per heavy atom. The van der Waals surface area contributed by atoms with Gasteiger partial charge in [-0.05, 0) is 29.8 Å². The molecule has 0 N–H and O–H groups in total. The van der Waals surface area contributed by atoms with Gasteiger partial charge in [0.25, 0.3) is 0 Å². The van der Waals surface area contributed by atoms with Crippen molar-refractivity contribution in [1.82, 2.24) is 19.8 Å². The second kappa shape index (κ2) is 9.62. The average Bonchev–Trinajstić information content (AvgIpc) is 3.28. The summed E-state index contributed by atoms with van der Waals surface area (Å²) < 4.78 is 5.56. The highest BCUT2D eigenvalue weighted by Gasteiger charge is 2.22. The van der Waals surface area contributed by atoms with Gasteiger partial charge in [-0.2, -0.15) is 0 Å². The fourth-order valence-corrected chi connectivity index (χ4v) is 3.95. The van der Waals surface area contributed by atoms with E-state index in [1.165, 1.54) is 5.01 Å². The number of thiazole rings is 1. The molecule has 0 bridgehead atoms. The Balaban J connectivity index is 1.22. The number of rotatable bonds is 6. The summed E-state index contributed by atoms with van der Waals surface area (Å²) in [5.41, 5.74) is 2.15. The third-order valence-electron chi connectivity index (χ3n) is 5.00. The van der Waals surface area contributed by atoms with E-state index in [2.05, 4.69) is 14.9 Å².